The molecule has 4 heteroatoms. The number of hydrogen-bond donors (Lipinski definition) is 2. The van der Waals surface area contributed by atoms with Crippen LogP contribution in [-0.2, 0) is 6.54 Å². The van der Waals surface area contributed by atoms with Gasteiger partial charge in [-0.2, -0.15) is 5.10 Å². The molecule has 0 spiro atoms. The van der Waals surface area contributed by atoms with Crippen molar-refractivity contribution in [1.29, 1.82) is 0 Å². The van der Waals surface area contributed by atoms with Gasteiger partial charge in [0.15, 0.2) is 0 Å². The normalized spacial score (nSPS) is 10.8. The van der Waals surface area contributed by atoms with E-state index in [1.807, 2.05) is 30.5 Å². The van der Waals surface area contributed by atoms with Crippen molar-refractivity contribution >= 4 is 16.6 Å². The summed E-state index contributed by atoms with van der Waals surface area (Å²) < 4.78 is 5.02. The first kappa shape index (κ1) is 9.03. The summed E-state index contributed by atoms with van der Waals surface area (Å²) in [5.74, 6) is 0. The highest BCUT2D eigenvalue weighted by Gasteiger charge is 2.02. The highest BCUT2D eigenvalue weighted by Crippen LogP contribution is 2.21. The van der Waals surface area contributed by atoms with Gasteiger partial charge >= 0.3 is 0 Å². The fourth-order valence-corrected chi connectivity index (χ4v) is 1.71. The molecule has 3 aromatic rings. The van der Waals surface area contributed by atoms with Crippen LogP contribution >= 0.6 is 0 Å². The molecule has 1 aromatic carbocycles. The molecular formula is C12H11N3O. The van der Waals surface area contributed by atoms with Gasteiger partial charge in [-0.3, -0.25) is 5.10 Å². The quantitative estimate of drug-likeness (QED) is 0.703. The Kier molecular flexibility index (Phi) is 2.11. The molecule has 0 aliphatic carbocycles. The average molecular weight is 213 g/mol. The molecule has 4 nitrogen and oxygen atoms in total. The van der Waals surface area contributed by atoms with E-state index in [1.54, 1.807) is 12.5 Å². The zero-order valence-corrected chi connectivity index (χ0v) is 8.60. The Morgan fingerprint density at radius 1 is 1.31 bits per heavy atom. The Balaban J connectivity index is 1.86. The summed E-state index contributed by atoms with van der Waals surface area (Å²) in [5.41, 5.74) is 3.24. The van der Waals surface area contributed by atoms with Crippen molar-refractivity contribution in [3.63, 3.8) is 0 Å². The van der Waals surface area contributed by atoms with Crippen molar-refractivity contribution in [3.05, 3.63) is 48.6 Å². The number of anilines is 1. The Labute approximate surface area is 92.3 Å². The molecule has 80 valence electrons. The predicted molar refractivity (Wildman–Crippen MR) is 62.1 cm³/mol. The molecule has 0 aliphatic heterocycles. The van der Waals surface area contributed by atoms with Gasteiger partial charge in [0, 0.05) is 23.2 Å². The molecule has 2 N–H and O–H groups in total. The van der Waals surface area contributed by atoms with Gasteiger partial charge in [-0.25, -0.2) is 0 Å². The third kappa shape index (κ3) is 1.54. The first-order valence-corrected chi connectivity index (χ1v) is 5.10. The van der Waals surface area contributed by atoms with Crippen LogP contribution in [0.5, 0.6) is 0 Å². The van der Waals surface area contributed by atoms with Gasteiger partial charge in [0.05, 0.1) is 24.2 Å². The molecule has 0 atom stereocenters. The van der Waals surface area contributed by atoms with Gasteiger partial charge < -0.3 is 9.73 Å². The van der Waals surface area contributed by atoms with E-state index in [4.69, 9.17) is 4.42 Å². The van der Waals surface area contributed by atoms with Gasteiger partial charge in [-0.05, 0) is 18.2 Å². The van der Waals surface area contributed by atoms with Crippen LogP contribution < -0.4 is 5.32 Å². The number of aromatic nitrogens is 2. The molecule has 0 aliphatic rings. The number of nitrogens with one attached hydrogen (secondary N) is 2. The maximum absolute atomic E-state index is 5.02. The first-order valence-electron chi connectivity index (χ1n) is 5.10. The molecule has 0 bridgehead atoms. The largest absolute Gasteiger partial charge is 0.472 e. The van der Waals surface area contributed by atoms with Gasteiger partial charge in [0.1, 0.15) is 0 Å². The third-order valence-corrected chi connectivity index (χ3v) is 2.55. The van der Waals surface area contributed by atoms with E-state index in [0.29, 0.717) is 0 Å². The van der Waals surface area contributed by atoms with Crippen molar-refractivity contribution in [2.24, 2.45) is 0 Å². The number of aromatic amines is 1. The van der Waals surface area contributed by atoms with Crippen LogP contribution in [0.15, 0.2) is 47.4 Å². The molecular weight excluding hydrogens is 202 g/mol. The van der Waals surface area contributed by atoms with Crippen molar-refractivity contribution in [2.45, 2.75) is 6.54 Å². The monoisotopic (exact) mass is 213 g/mol. The molecule has 2 heterocycles. The lowest BCUT2D eigenvalue weighted by atomic mass is 10.2. The number of hydrogen-bond acceptors (Lipinski definition) is 3. The SMILES string of the molecule is c1cc(NCc2ccoc2)c2cn[nH]c2c1. The minimum atomic E-state index is 0.751. The zero-order valence-electron chi connectivity index (χ0n) is 8.60. The lowest BCUT2D eigenvalue weighted by Gasteiger charge is -2.05. The zero-order chi connectivity index (χ0) is 10.8. The maximum atomic E-state index is 5.02. The van der Waals surface area contributed by atoms with Gasteiger partial charge in [-0.1, -0.05) is 6.07 Å². The molecule has 2 aromatic heterocycles. The van der Waals surface area contributed by atoms with Crippen molar-refractivity contribution in [2.75, 3.05) is 5.32 Å². The summed E-state index contributed by atoms with van der Waals surface area (Å²) >= 11 is 0. The fraction of sp³-hybridized carbons (Fsp3) is 0.0833. The highest BCUT2D eigenvalue weighted by molar-refractivity contribution is 5.90. The van der Waals surface area contributed by atoms with Crippen LogP contribution in [0.4, 0.5) is 5.69 Å². The number of fused-ring (bicyclic) bond motifs is 1. The Morgan fingerprint density at radius 3 is 3.19 bits per heavy atom. The average Bonchev–Trinajstić information content (AvgIpc) is 2.97. The Morgan fingerprint density at radius 2 is 2.31 bits per heavy atom. The minimum Gasteiger partial charge on any atom is -0.472 e. The van der Waals surface area contributed by atoms with Crippen LogP contribution in [0, 0.1) is 0 Å². The van der Waals surface area contributed by atoms with E-state index in [-0.39, 0.29) is 0 Å². The Hall–Kier alpha value is -2.23. The fourth-order valence-electron chi connectivity index (χ4n) is 1.71. The van der Waals surface area contributed by atoms with Crippen molar-refractivity contribution < 1.29 is 4.42 Å². The summed E-state index contributed by atoms with van der Waals surface area (Å²) in [4.78, 5) is 0. The van der Waals surface area contributed by atoms with E-state index in [1.165, 1.54) is 0 Å². The predicted octanol–water partition coefficient (Wildman–Crippen LogP) is 2.77. The molecule has 0 amide bonds. The summed E-state index contributed by atoms with van der Waals surface area (Å²) in [6, 6.07) is 7.99. The second-order valence-electron chi connectivity index (χ2n) is 3.62. The molecule has 0 fully saturated rings. The number of rotatable bonds is 3. The van der Waals surface area contributed by atoms with E-state index in [2.05, 4.69) is 15.5 Å². The minimum absolute atomic E-state index is 0.751. The van der Waals surface area contributed by atoms with E-state index in [0.717, 1.165) is 28.7 Å². The summed E-state index contributed by atoms with van der Waals surface area (Å²) in [5, 5.41) is 11.4. The number of nitrogens with zero attached hydrogens (tertiary/aromatic N) is 1. The van der Waals surface area contributed by atoms with Crippen LogP contribution in [0.2, 0.25) is 0 Å². The van der Waals surface area contributed by atoms with E-state index < -0.39 is 0 Å². The van der Waals surface area contributed by atoms with Crippen LogP contribution in [0.3, 0.4) is 0 Å². The lowest BCUT2D eigenvalue weighted by Crippen LogP contribution is -1.97. The van der Waals surface area contributed by atoms with Gasteiger partial charge in [0.2, 0.25) is 0 Å². The van der Waals surface area contributed by atoms with Gasteiger partial charge in [-0.15, -0.1) is 0 Å². The molecule has 0 saturated carbocycles. The standard InChI is InChI=1S/C12H11N3O/c1-2-11(10-7-14-15-12(10)3-1)13-6-9-4-5-16-8-9/h1-5,7-8,13H,6H2,(H,14,15). The maximum Gasteiger partial charge on any atom is 0.0952 e. The van der Waals surface area contributed by atoms with E-state index in [9.17, 15) is 0 Å². The smallest absolute Gasteiger partial charge is 0.0952 e. The van der Waals surface area contributed by atoms with Crippen LogP contribution in [0.1, 0.15) is 5.56 Å². The van der Waals surface area contributed by atoms with Crippen molar-refractivity contribution in [3.8, 4) is 0 Å². The Bertz CT molecular complexity index is 583. The number of furan rings is 1. The molecule has 0 unspecified atom stereocenters. The molecule has 0 saturated heterocycles. The second kappa shape index (κ2) is 3.73. The summed E-state index contributed by atoms with van der Waals surface area (Å²) in [6.45, 7) is 0.751. The molecule has 0 radical (unpaired) electrons. The third-order valence-electron chi connectivity index (χ3n) is 2.55. The van der Waals surface area contributed by atoms with E-state index >= 15 is 0 Å². The van der Waals surface area contributed by atoms with Gasteiger partial charge in [0.25, 0.3) is 0 Å². The van der Waals surface area contributed by atoms with Crippen LogP contribution in [-0.4, -0.2) is 10.2 Å². The highest BCUT2D eigenvalue weighted by atomic mass is 16.3. The number of H-pyrrole nitrogens is 1. The topological polar surface area (TPSA) is 53.9 Å². The first-order chi connectivity index (χ1) is 7.93. The van der Waals surface area contributed by atoms with Crippen LogP contribution in [0.25, 0.3) is 10.9 Å². The second-order valence-corrected chi connectivity index (χ2v) is 3.62. The lowest BCUT2D eigenvalue weighted by molar-refractivity contribution is 0.564. The molecule has 16 heavy (non-hydrogen) atoms. The van der Waals surface area contributed by atoms with Crippen molar-refractivity contribution in [1.82, 2.24) is 10.2 Å². The molecule has 3 rings (SSSR count). The summed E-state index contributed by atoms with van der Waals surface area (Å²) in [7, 11) is 0. The number of benzene rings is 1. The summed E-state index contributed by atoms with van der Waals surface area (Å²) in [6.07, 6.45) is 5.24.